The van der Waals surface area contributed by atoms with Crippen molar-refractivity contribution in [2.75, 3.05) is 17.3 Å². The van der Waals surface area contributed by atoms with Crippen LogP contribution in [0.5, 0.6) is 0 Å². The van der Waals surface area contributed by atoms with Crippen molar-refractivity contribution in [3.05, 3.63) is 53.6 Å². The zero-order valence-corrected chi connectivity index (χ0v) is 15.5. The highest BCUT2D eigenvalue weighted by Crippen LogP contribution is 2.22. The van der Waals surface area contributed by atoms with E-state index in [2.05, 4.69) is 27.0 Å². The van der Waals surface area contributed by atoms with Crippen LogP contribution in [-0.2, 0) is 4.79 Å². The molecule has 0 spiro atoms. The molecular formula is C19H24N6O. The van der Waals surface area contributed by atoms with Crippen LogP contribution in [0.3, 0.4) is 0 Å². The summed E-state index contributed by atoms with van der Waals surface area (Å²) < 4.78 is 0. The number of aromatic nitrogens is 1. The normalized spacial score (nSPS) is 17.1. The van der Waals surface area contributed by atoms with Gasteiger partial charge in [-0.25, -0.2) is 9.98 Å². The number of carbonyl (C=O) groups is 1. The maximum Gasteiger partial charge on any atom is 0.232 e. The summed E-state index contributed by atoms with van der Waals surface area (Å²) in [7, 11) is 1.88. The van der Waals surface area contributed by atoms with Crippen LogP contribution in [0.1, 0.15) is 19.4 Å². The summed E-state index contributed by atoms with van der Waals surface area (Å²) in [4.78, 5) is 26.4. The first-order valence-electron chi connectivity index (χ1n) is 8.16. The van der Waals surface area contributed by atoms with Gasteiger partial charge in [0.2, 0.25) is 5.91 Å². The Hall–Kier alpha value is -3.22. The number of aliphatic imine (C=N–C) groups is 2. The molecule has 2 heterocycles. The van der Waals surface area contributed by atoms with Crippen LogP contribution in [0.15, 0.2) is 58.1 Å². The molecule has 7 heteroatoms. The molecule has 2 rings (SSSR count). The van der Waals surface area contributed by atoms with E-state index >= 15 is 0 Å². The molecule has 1 unspecified atom stereocenters. The van der Waals surface area contributed by atoms with Crippen LogP contribution >= 0.6 is 0 Å². The Morgan fingerprint density at radius 3 is 2.77 bits per heavy atom. The van der Waals surface area contributed by atoms with E-state index < -0.39 is 11.8 Å². The Balaban J connectivity index is 2.31. The van der Waals surface area contributed by atoms with Crippen LogP contribution in [0.4, 0.5) is 11.5 Å². The maximum atomic E-state index is 11.8. The fourth-order valence-corrected chi connectivity index (χ4v) is 2.50. The second-order valence-corrected chi connectivity index (χ2v) is 6.09. The number of amides is 1. The number of allylic oxidation sites excluding steroid dienone is 3. The first kappa shape index (κ1) is 19.1. The summed E-state index contributed by atoms with van der Waals surface area (Å²) >= 11 is 0. The lowest BCUT2D eigenvalue weighted by Crippen LogP contribution is -2.33. The fraction of sp³-hybridized carbons (Fsp3) is 0.263. The number of aryl methyl sites for hydroxylation is 1. The molecule has 1 aromatic heterocycles. The minimum absolute atomic E-state index is 0.460. The number of hydrogen-bond donors (Lipinski definition) is 2. The van der Waals surface area contributed by atoms with Crippen LogP contribution in [0, 0.1) is 12.8 Å². The second-order valence-electron chi connectivity index (χ2n) is 6.09. The molecule has 1 atom stereocenters. The predicted molar refractivity (Wildman–Crippen MR) is 107 cm³/mol. The molecule has 1 aliphatic rings. The molecule has 26 heavy (non-hydrogen) atoms. The number of primary amides is 1. The number of carbonyl (C=O) groups excluding carboxylic acids is 1. The quantitative estimate of drug-likeness (QED) is 0.797. The minimum Gasteiger partial charge on any atom is -0.369 e. The molecule has 136 valence electrons. The van der Waals surface area contributed by atoms with Crippen molar-refractivity contribution in [3.8, 4) is 0 Å². The maximum absolute atomic E-state index is 11.8. The SMILES string of the molecule is C=N/C=C\N(C)c1ncc(NC2=NC(C)=C(C)C=CC2C(N)=O)cc1C. The molecule has 1 amide bonds. The van der Waals surface area contributed by atoms with Crippen molar-refractivity contribution < 1.29 is 4.79 Å². The fourth-order valence-electron chi connectivity index (χ4n) is 2.50. The van der Waals surface area contributed by atoms with E-state index in [0.717, 1.165) is 28.3 Å². The monoisotopic (exact) mass is 352 g/mol. The molecule has 0 saturated heterocycles. The van der Waals surface area contributed by atoms with Gasteiger partial charge in [-0.2, -0.15) is 0 Å². The lowest BCUT2D eigenvalue weighted by molar-refractivity contribution is -0.118. The molecule has 3 N–H and O–H groups in total. The number of nitrogens with one attached hydrogen (secondary N) is 1. The van der Waals surface area contributed by atoms with Gasteiger partial charge in [-0.05, 0) is 44.7 Å². The summed E-state index contributed by atoms with van der Waals surface area (Å²) in [5.74, 6) is 0.197. The zero-order chi connectivity index (χ0) is 19.3. The van der Waals surface area contributed by atoms with Gasteiger partial charge in [0.25, 0.3) is 0 Å². The van der Waals surface area contributed by atoms with Crippen molar-refractivity contribution >= 4 is 30.0 Å². The van der Waals surface area contributed by atoms with Crippen LogP contribution in [-0.4, -0.2) is 30.5 Å². The van der Waals surface area contributed by atoms with Crippen molar-refractivity contribution in [3.63, 3.8) is 0 Å². The summed E-state index contributed by atoms with van der Waals surface area (Å²) in [6.45, 7) is 9.21. The van der Waals surface area contributed by atoms with Crippen LogP contribution < -0.4 is 16.0 Å². The van der Waals surface area contributed by atoms with E-state index in [-0.39, 0.29) is 0 Å². The third-order valence-electron chi connectivity index (χ3n) is 4.05. The molecule has 0 fully saturated rings. The predicted octanol–water partition coefficient (Wildman–Crippen LogP) is 2.77. The number of rotatable bonds is 5. The van der Waals surface area contributed by atoms with E-state index in [9.17, 15) is 4.79 Å². The van der Waals surface area contributed by atoms with E-state index in [1.165, 1.54) is 0 Å². The van der Waals surface area contributed by atoms with Gasteiger partial charge in [0, 0.05) is 25.1 Å². The van der Waals surface area contributed by atoms with E-state index in [4.69, 9.17) is 5.73 Å². The molecule has 1 aromatic rings. The molecule has 0 bridgehead atoms. The summed E-state index contributed by atoms with van der Waals surface area (Å²) in [5, 5.41) is 3.19. The second kappa shape index (κ2) is 8.24. The van der Waals surface area contributed by atoms with Gasteiger partial charge in [-0.15, -0.1) is 0 Å². The van der Waals surface area contributed by atoms with Crippen molar-refractivity contribution in [2.24, 2.45) is 21.6 Å². The molecule has 1 aliphatic heterocycles. The standard InChI is InChI=1S/C19H24N6O/c1-12-6-7-16(17(20)26)18(23-14(12)3)24-15-10-13(2)19(22-11-15)25(5)9-8-21-4/h6-11,16H,4H2,1-3,5H3,(H2,20,26)(H,23,24)/b9-8-. The smallest absolute Gasteiger partial charge is 0.232 e. The van der Waals surface area contributed by atoms with Crippen molar-refractivity contribution in [2.45, 2.75) is 20.8 Å². The highest BCUT2D eigenvalue weighted by Gasteiger charge is 2.22. The third kappa shape index (κ3) is 4.44. The van der Waals surface area contributed by atoms with E-state index in [0.29, 0.717) is 5.84 Å². The number of nitrogens with zero attached hydrogens (tertiary/aromatic N) is 4. The highest BCUT2D eigenvalue weighted by atomic mass is 16.1. The average molecular weight is 352 g/mol. The number of pyridine rings is 1. The van der Waals surface area contributed by atoms with Gasteiger partial charge in [0.1, 0.15) is 17.6 Å². The highest BCUT2D eigenvalue weighted by molar-refractivity contribution is 6.11. The van der Waals surface area contributed by atoms with Gasteiger partial charge >= 0.3 is 0 Å². The Morgan fingerprint density at radius 2 is 2.15 bits per heavy atom. The Morgan fingerprint density at radius 1 is 1.42 bits per heavy atom. The van der Waals surface area contributed by atoms with Gasteiger partial charge < -0.3 is 16.0 Å². The van der Waals surface area contributed by atoms with Gasteiger partial charge in [0.05, 0.1) is 11.9 Å². The lowest BCUT2D eigenvalue weighted by atomic mass is 10.1. The van der Waals surface area contributed by atoms with Crippen LogP contribution in [0.2, 0.25) is 0 Å². The number of nitrogens with two attached hydrogens (primary N) is 1. The minimum atomic E-state index is -0.619. The summed E-state index contributed by atoms with van der Waals surface area (Å²) in [6, 6.07) is 1.94. The molecule has 0 radical (unpaired) electrons. The summed E-state index contributed by atoms with van der Waals surface area (Å²) in [6.07, 6.45) is 8.68. The summed E-state index contributed by atoms with van der Waals surface area (Å²) in [5.41, 5.74) is 9.04. The van der Waals surface area contributed by atoms with Gasteiger partial charge in [-0.3, -0.25) is 9.79 Å². The lowest BCUT2D eigenvalue weighted by Gasteiger charge is -2.18. The van der Waals surface area contributed by atoms with Crippen molar-refractivity contribution in [1.82, 2.24) is 4.98 Å². The molecule has 0 aliphatic carbocycles. The van der Waals surface area contributed by atoms with Crippen molar-refractivity contribution in [1.29, 1.82) is 0 Å². The third-order valence-corrected chi connectivity index (χ3v) is 4.05. The van der Waals surface area contributed by atoms with Gasteiger partial charge in [0.15, 0.2) is 0 Å². The van der Waals surface area contributed by atoms with Gasteiger partial charge in [-0.1, -0.05) is 12.2 Å². The topological polar surface area (TPSA) is 96.0 Å². The first-order valence-corrected chi connectivity index (χ1v) is 8.16. The van der Waals surface area contributed by atoms with E-state index in [1.54, 1.807) is 24.7 Å². The Labute approximate surface area is 153 Å². The largest absolute Gasteiger partial charge is 0.369 e. The molecular weight excluding hydrogens is 328 g/mol. The average Bonchev–Trinajstić information content (AvgIpc) is 2.72. The molecule has 0 aromatic carbocycles. The number of hydrogen-bond acceptors (Lipinski definition) is 6. The Bertz CT molecular complexity index is 834. The molecule has 0 saturated carbocycles. The van der Waals surface area contributed by atoms with Crippen LogP contribution in [0.25, 0.3) is 0 Å². The molecule has 7 nitrogen and oxygen atoms in total. The number of amidine groups is 1. The first-order chi connectivity index (χ1) is 12.3. The van der Waals surface area contributed by atoms with E-state index in [1.807, 2.05) is 44.9 Å². The number of anilines is 2. The zero-order valence-electron chi connectivity index (χ0n) is 15.5. The Kier molecular flexibility index (Phi) is 6.06.